The number of methoxy groups -OCH3 is 1. The molecule has 0 amide bonds. The van der Waals surface area contributed by atoms with Gasteiger partial charge in [0.2, 0.25) is 0 Å². The number of ether oxygens (including phenoxy) is 4. The van der Waals surface area contributed by atoms with Gasteiger partial charge in [-0.25, -0.2) is 0 Å². The van der Waals surface area contributed by atoms with Gasteiger partial charge in [0.05, 0.1) is 12.7 Å². The largest absolute Gasteiger partial charge is 0.394 e. The van der Waals surface area contributed by atoms with E-state index in [1.165, 1.54) is 14.0 Å². The molecule has 0 radical (unpaired) electrons. The molecule has 0 unspecified atom stereocenters. The Morgan fingerprint density at radius 2 is 1.52 bits per heavy atom. The summed E-state index contributed by atoms with van der Waals surface area (Å²) in [6, 6.07) is 0. The Hall–Kier alpha value is -0.400. The molecule has 0 saturated carbocycles. The van der Waals surface area contributed by atoms with Crippen molar-refractivity contribution in [3.63, 3.8) is 0 Å². The van der Waals surface area contributed by atoms with Gasteiger partial charge in [-0.2, -0.15) is 0 Å². The normalized spacial score (nSPS) is 51.7. The fraction of sp³-hybridized carbons (Fsp3) is 1.00. The zero-order valence-corrected chi connectivity index (χ0v) is 12.8. The summed E-state index contributed by atoms with van der Waals surface area (Å²) >= 11 is 0. The summed E-state index contributed by atoms with van der Waals surface area (Å²) in [5, 5.41) is 58.5. The van der Waals surface area contributed by atoms with E-state index in [4.69, 9.17) is 24.1 Å². The smallest absolute Gasteiger partial charge is 0.187 e. The first kappa shape index (κ1) is 18.9. The van der Waals surface area contributed by atoms with E-state index in [1.807, 2.05) is 0 Å². The van der Waals surface area contributed by atoms with E-state index in [0.717, 1.165) is 0 Å². The number of aliphatic hydroxyl groups is 6. The molecular formula is C13H24O10. The summed E-state index contributed by atoms with van der Waals surface area (Å²) in [4.78, 5) is 0. The highest BCUT2D eigenvalue weighted by atomic mass is 16.7. The number of hydrogen-bond acceptors (Lipinski definition) is 10. The molecule has 2 fully saturated rings. The molecule has 0 spiro atoms. The minimum atomic E-state index is -1.57. The van der Waals surface area contributed by atoms with Gasteiger partial charge in [0.15, 0.2) is 12.6 Å². The van der Waals surface area contributed by atoms with Gasteiger partial charge < -0.3 is 49.6 Å². The van der Waals surface area contributed by atoms with Crippen molar-refractivity contribution in [2.45, 2.75) is 68.3 Å². The lowest BCUT2D eigenvalue weighted by Gasteiger charge is -2.45. The van der Waals surface area contributed by atoms with E-state index in [1.54, 1.807) is 0 Å². The van der Waals surface area contributed by atoms with Gasteiger partial charge in [0.1, 0.15) is 42.7 Å². The fourth-order valence-electron chi connectivity index (χ4n) is 2.76. The van der Waals surface area contributed by atoms with E-state index in [2.05, 4.69) is 0 Å². The molecule has 0 aromatic rings. The molecule has 10 atom stereocenters. The first-order chi connectivity index (χ1) is 10.8. The third kappa shape index (κ3) is 3.66. The standard InChI is InChI=1S/C13H24O10/c1-4-6(15)8(17)9(18)13(21-4)23-11-10(20-2)7(16)5(3-14)22-12(11)19/h4-19H,3H2,1-2H3/t4-,5+,6+,7-,8+,9-,10-,11+,12+,13-/m0/s1. The van der Waals surface area contributed by atoms with Crippen LogP contribution in [0.25, 0.3) is 0 Å². The molecule has 2 rings (SSSR count). The molecular weight excluding hydrogens is 316 g/mol. The highest BCUT2D eigenvalue weighted by molar-refractivity contribution is 4.93. The summed E-state index contributed by atoms with van der Waals surface area (Å²) in [6.07, 6.45) is -12.8. The second kappa shape index (κ2) is 7.66. The second-order valence-corrected chi connectivity index (χ2v) is 5.72. The van der Waals surface area contributed by atoms with Crippen LogP contribution in [-0.4, -0.2) is 106 Å². The Balaban J connectivity index is 2.11. The van der Waals surface area contributed by atoms with E-state index in [-0.39, 0.29) is 0 Å². The zero-order valence-electron chi connectivity index (χ0n) is 12.8. The molecule has 2 saturated heterocycles. The molecule has 10 nitrogen and oxygen atoms in total. The van der Waals surface area contributed by atoms with Crippen molar-refractivity contribution in [1.82, 2.24) is 0 Å². The van der Waals surface area contributed by atoms with Crippen molar-refractivity contribution in [3.8, 4) is 0 Å². The van der Waals surface area contributed by atoms with Gasteiger partial charge >= 0.3 is 0 Å². The molecule has 136 valence electrons. The van der Waals surface area contributed by atoms with Gasteiger partial charge in [-0.05, 0) is 6.92 Å². The predicted molar refractivity (Wildman–Crippen MR) is 72.0 cm³/mol. The van der Waals surface area contributed by atoms with E-state index in [9.17, 15) is 25.5 Å². The maximum atomic E-state index is 10.1. The summed E-state index contributed by atoms with van der Waals surface area (Å²) < 4.78 is 20.8. The fourth-order valence-corrected chi connectivity index (χ4v) is 2.76. The van der Waals surface area contributed by atoms with Crippen molar-refractivity contribution in [3.05, 3.63) is 0 Å². The topological polar surface area (TPSA) is 158 Å². The van der Waals surface area contributed by atoms with E-state index >= 15 is 0 Å². The first-order valence-corrected chi connectivity index (χ1v) is 7.32. The zero-order chi connectivity index (χ0) is 17.3. The van der Waals surface area contributed by atoms with Gasteiger partial charge in [0.25, 0.3) is 0 Å². The van der Waals surface area contributed by atoms with Crippen LogP contribution in [0.5, 0.6) is 0 Å². The van der Waals surface area contributed by atoms with Gasteiger partial charge in [0, 0.05) is 7.11 Å². The molecule has 10 heteroatoms. The highest BCUT2D eigenvalue weighted by Gasteiger charge is 2.50. The maximum absolute atomic E-state index is 10.1. The van der Waals surface area contributed by atoms with Crippen LogP contribution in [0.3, 0.4) is 0 Å². The van der Waals surface area contributed by atoms with Gasteiger partial charge in [-0.15, -0.1) is 0 Å². The van der Waals surface area contributed by atoms with Crippen LogP contribution in [0.1, 0.15) is 6.92 Å². The summed E-state index contributed by atoms with van der Waals surface area (Å²) in [5.74, 6) is 0. The molecule has 0 aliphatic carbocycles. The lowest BCUT2D eigenvalue weighted by atomic mass is 9.97. The molecule has 0 aromatic carbocycles. The van der Waals surface area contributed by atoms with Crippen LogP contribution in [-0.2, 0) is 18.9 Å². The SMILES string of the molecule is CO[C@H]1[C@@H](O)[C@@H](CO)O[C@@H](O)[C@@H]1O[C@@H]1O[C@@H](C)[C@@H](O)[C@@H](O)[C@@H]1O. The predicted octanol–water partition coefficient (Wildman–Crippen LogP) is -3.72. The van der Waals surface area contributed by atoms with E-state index < -0.39 is 68.0 Å². The van der Waals surface area contributed by atoms with Crippen molar-refractivity contribution in [2.24, 2.45) is 0 Å². The second-order valence-electron chi connectivity index (χ2n) is 5.72. The number of aliphatic hydroxyl groups excluding tert-OH is 6. The summed E-state index contributed by atoms with van der Waals surface area (Å²) in [7, 11) is 1.27. The van der Waals surface area contributed by atoms with Gasteiger partial charge in [-0.1, -0.05) is 0 Å². The molecule has 0 bridgehead atoms. The maximum Gasteiger partial charge on any atom is 0.187 e. The Kier molecular flexibility index (Phi) is 6.30. The Morgan fingerprint density at radius 3 is 2.09 bits per heavy atom. The average Bonchev–Trinajstić information content (AvgIpc) is 2.53. The minimum Gasteiger partial charge on any atom is -0.394 e. The van der Waals surface area contributed by atoms with Crippen molar-refractivity contribution in [1.29, 1.82) is 0 Å². The molecule has 2 heterocycles. The Morgan fingerprint density at radius 1 is 0.870 bits per heavy atom. The minimum absolute atomic E-state index is 0.532. The molecule has 2 aliphatic heterocycles. The van der Waals surface area contributed by atoms with Crippen LogP contribution < -0.4 is 0 Å². The third-order valence-electron chi connectivity index (χ3n) is 4.19. The van der Waals surface area contributed by atoms with Crippen LogP contribution >= 0.6 is 0 Å². The van der Waals surface area contributed by atoms with Crippen molar-refractivity contribution >= 4 is 0 Å². The van der Waals surface area contributed by atoms with Crippen LogP contribution in [0.4, 0.5) is 0 Å². The van der Waals surface area contributed by atoms with E-state index in [0.29, 0.717) is 0 Å². The molecule has 23 heavy (non-hydrogen) atoms. The third-order valence-corrected chi connectivity index (χ3v) is 4.19. The quantitative estimate of drug-likeness (QED) is 0.300. The lowest BCUT2D eigenvalue weighted by molar-refractivity contribution is -0.360. The highest BCUT2D eigenvalue weighted by Crippen LogP contribution is 2.29. The lowest BCUT2D eigenvalue weighted by Crippen LogP contribution is -2.64. The molecule has 6 N–H and O–H groups in total. The van der Waals surface area contributed by atoms with Crippen molar-refractivity contribution in [2.75, 3.05) is 13.7 Å². The summed E-state index contributed by atoms with van der Waals surface area (Å²) in [5.41, 5.74) is 0. The number of rotatable bonds is 4. The monoisotopic (exact) mass is 340 g/mol. The Labute approximate surface area is 132 Å². The molecule has 2 aliphatic rings. The van der Waals surface area contributed by atoms with Crippen LogP contribution in [0.2, 0.25) is 0 Å². The number of hydrogen-bond donors (Lipinski definition) is 6. The first-order valence-electron chi connectivity index (χ1n) is 7.32. The average molecular weight is 340 g/mol. The molecule has 0 aromatic heterocycles. The summed E-state index contributed by atoms with van der Waals surface area (Å²) in [6.45, 7) is 0.948. The van der Waals surface area contributed by atoms with Gasteiger partial charge in [-0.3, -0.25) is 0 Å². The van der Waals surface area contributed by atoms with Crippen LogP contribution in [0.15, 0.2) is 0 Å². The van der Waals surface area contributed by atoms with Crippen LogP contribution in [0, 0.1) is 0 Å². The van der Waals surface area contributed by atoms with Crippen molar-refractivity contribution < 1.29 is 49.6 Å². The Bertz CT molecular complexity index is 382.